The zero-order valence-corrected chi connectivity index (χ0v) is 15.5. The first-order chi connectivity index (χ1) is 12.7. The second kappa shape index (κ2) is 8.98. The highest BCUT2D eigenvalue weighted by atomic mass is 32.2. The van der Waals surface area contributed by atoms with Crippen molar-refractivity contribution in [3.05, 3.63) is 53.6 Å². The molecule has 7 nitrogen and oxygen atoms in total. The molecule has 4 N–H and O–H groups in total. The number of nitrogens with zero attached hydrogens (tertiary/aromatic N) is 2. The van der Waals surface area contributed by atoms with Crippen molar-refractivity contribution in [3.8, 4) is 0 Å². The van der Waals surface area contributed by atoms with Crippen molar-refractivity contribution in [3.63, 3.8) is 0 Å². The highest BCUT2D eigenvalue weighted by Crippen LogP contribution is 2.31. The predicted octanol–water partition coefficient (Wildman–Crippen LogP) is 2.85. The molecule has 2 aromatic rings. The summed E-state index contributed by atoms with van der Waals surface area (Å²) in [6.45, 7) is 1.16. The van der Waals surface area contributed by atoms with Crippen LogP contribution in [0.15, 0.2) is 41.5 Å². The molecule has 1 aliphatic rings. The molecule has 1 aromatic heterocycles. The number of aliphatic imine (C=N–C) groups is 1. The van der Waals surface area contributed by atoms with E-state index < -0.39 is 0 Å². The Hall–Kier alpha value is -2.16. The van der Waals surface area contributed by atoms with Crippen molar-refractivity contribution in [2.24, 2.45) is 10.7 Å². The molecule has 0 amide bonds. The lowest BCUT2D eigenvalue weighted by atomic mass is 10.1. The van der Waals surface area contributed by atoms with Gasteiger partial charge in [-0.25, -0.2) is 9.98 Å². The molecule has 0 aliphatic carbocycles. The van der Waals surface area contributed by atoms with Gasteiger partial charge in [0.15, 0.2) is 16.8 Å². The Morgan fingerprint density at radius 3 is 3.00 bits per heavy atom. The van der Waals surface area contributed by atoms with E-state index in [0.717, 1.165) is 24.1 Å². The number of hydrogen-bond donors (Lipinski definition) is 3. The van der Waals surface area contributed by atoms with E-state index in [4.69, 9.17) is 20.6 Å². The third-order valence-electron chi connectivity index (χ3n) is 4.12. The van der Waals surface area contributed by atoms with Crippen LogP contribution in [0.4, 0.5) is 0 Å². The molecule has 3 rings (SSSR count). The fourth-order valence-corrected chi connectivity index (χ4v) is 2.97. The summed E-state index contributed by atoms with van der Waals surface area (Å²) in [4.78, 5) is 11.4. The van der Waals surface area contributed by atoms with Gasteiger partial charge in [-0.3, -0.25) is 5.41 Å². The number of imidazole rings is 1. The van der Waals surface area contributed by atoms with Crippen molar-refractivity contribution >= 4 is 22.8 Å². The van der Waals surface area contributed by atoms with Crippen molar-refractivity contribution in [2.45, 2.75) is 31.7 Å². The molecule has 2 heterocycles. The van der Waals surface area contributed by atoms with E-state index in [-0.39, 0.29) is 23.2 Å². The van der Waals surface area contributed by atoms with Crippen LogP contribution in [-0.4, -0.2) is 39.9 Å². The van der Waals surface area contributed by atoms with E-state index in [0.29, 0.717) is 19.0 Å². The zero-order valence-electron chi connectivity index (χ0n) is 14.6. The Balaban J connectivity index is 1.49. The summed E-state index contributed by atoms with van der Waals surface area (Å²) in [7, 11) is 0. The Morgan fingerprint density at radius 2 is 2.23 bits per heavy atom. The topological polar surface area (TPSA) is 109 Å². The molecular formula is C18H23N5O2S. The molecule has 26 heavy (non-hydrogen) atoms. The van der Waals surface area contributed by atoms with Crippen LogP contribution in [0.3, 0.4) is 0 Å². The van der Waals surface area contributed by atoms with Gasteiger partial charge in [0.2, 0.25) is 0 Å². The van der Waals surface area contributed by atoms with Crippen molar-refractivity contribution in [1.82, 2.24) is 9.97 Å². The molecule has 138 valence electrons. The van der Waals surface area contributed by atoms with Crippen LogP contribution in [0, 0.1) is 5.41 Å². The molecule has 0 radical (unpaired) electrons. The number of aromatic nitrogens is 2. The minimum atomic E-state index is -0.0469. The van der Waals surface area contributed by atoms with Crippen LogP contribution in [-0.2, 0) is 16.1 Å². The number of hydrogen-bond acceptors (Lipinski definition) is 5. The first-order valence-corrected chi connectivity index (χ1v) is 9.67. The summed E-state index contributed by atoms with van der Waals surface area (Å²) in [5.74, 6) is 0.669. The average Bonchev–Trinajstić information content (AvgIpc) is 3.32. The summed E-state index contributed by atoms with van der Waals surface area (Å²) in [6.07, 6.45) is 5.37. The van der Waals surface area contributed by atoms with E-state index in [2.05, 4.69) is 15.0 Å². The van der Waals surface area contributed by atoms with Gasteiger partial charge in [0.25, 0.3) is 0 Å². The Labute approximate surface area is 156 Å². The van der Waals surface area contributed by atoms with Crippen LogP contribution in [0.2, 0.25) is 0 Å². The summed E-state index contributed by atoms with van der Waals surface area (Å²) in [5.41, 5.74) is 7.91. The molecule has 8 heteroatoms. The molecule has 1 saturated heterocycles. The SMILES string of the molecule is CSC(=N)N=C(N)c1ncc([C@H]2CC[C@@H](COCc3ccccc3)O2)[nH]1. The number of aromatic amines is 1. The van der Waals surface area contributed by atoms with Gasteiger partial charge in [-0.15, -0.1) is 0 Å². The number of nitrogens with two attached hydrogens (primary N) is 1. The number of rotatable bonds is 6. The Bertz CT molecular complexity index is 762. The highest BCUT2D eigenvalue weighted by Gasteiger charge is 2.28. The molecular weight excluding hydrogens is 350 g/mol. The van der Waals surface area contributed by atoms with Gasteiger partial charge in [0.05, 0.1) is 37.3 Å². The second-order valence-electron chi connectivity index (χ2n) is 6.02. The summed E-state index contributed by atoms with van der Waals surface area (Å²) >= 11 is 1.22. The Morgan fingerprint density at radius 1 is 1.42 bits per heavy atom. The van der Waals surface area contributed by atoms with Gasteiger partial charge in [0.1, 0.15) is 0 Å². The number of H-pyrrole nitrogens is 1. The molecule has 0 bridgehead atoms. The van der Waals surface area contributed by atoms with Gasteiger partial charge in [0, 0.05) is 0 Å². The van der Waals surface area contributed by atoms with Crippen molar-refractivity contribution in [2.75, 3.05) is 12.9 Å². The lowest BCUT2D eigenvalue weighted by Crippen LogP contribution is -2.17. The smallest absolute Gasteiger partial charge is 0.181 e. The predicted molar refractivity (Wildman–Crippen MR) is 103 cm³/mol. The normalized spacial score (nSPS) is 20.4. The van der Waals surface area contributed by atoms with Crippen molar-refractivity contribution in [1.29, 1.82) is 5.41 Å². The van der Waals surface area contributed by atoms with Crippen LogP contribution in [0.1, 0.15) is 36.0 Å². The maximum atomic E-state index is 7.56. The number of nitrogens with one attached hydrogen (secondary N) is 2. The lowest BCUT2D eigenvalue weighted by molar-refractivity contribution is -0.0215. The second-order valence-corrected chi connectivity index (χ2v) is 6.81. The van der Waals surface area contributed by atoms with Gasteiger partial charge < -0.3 is 20.2 Å². The summed E-state index contributed by atoms with van der Waals surface area (Å²) in [5, 5.41) is 7.71. The quantitative estimate of drug-likeness (QED) is 0.533. The zero-order chi connectivity index (χ0) is 18.4. The van der Waals surface area contributed by atoms with Gasteiger partial charge in [-0.1, -0.05) is 42.1 Å². The molecule has 2 atom stereocenters. The number of benzene rings is 1. The van der Waals surface area contributed by atoms with E-state index in [1.54, 1.807) is 12.5 Å². The molecule has 1 aliphatic heterocycles. The van der Waals surface area contributed by atoms with Gasteiger partial charge in [-0.05, 0) is 24.7 Å². The minimum absolute atomic E-state index is 0.0469. The van der Waals surface area contributed by atoms with Gasteiger partial charge in [-0.2, -0.15) is 0 Å². The third-order valence-corrected chi connectivity index (χ3v) is 4.60. The molecule has 0 saturated carbocycles. The number of ether oxygens (including phenoxy) is 2. The van der Waals surface area contributed by atoms with E-state index in [1.807, 2.05) is 30.3 Å². The van der Waals surface area contributed by atoms with Crippen LogP contribution < -0.4 is 5.73 Å². The first kappa shape index (κ1) is 18.6. The third kappa shape index (κ3) is 4.94. The van der Waals surface area contributed by atoms with Crippen LogP contribution >= 0.6 is 11.8 Å². The van der Waals surface area contributed by atoms with E-state index in [1.165, 1.54) is 11.8 Å². The van der Waals surface area contributed by atoms with E-state index >= 15 is 0 Å². The molecule has 1 fully saturated rings. The van der Waals surface area contributed by atoms with Crippen molar-refractivity contribution < 1.29 is 9.47 Å². The largest absolute Gasteiger partial charge is 0.381 e. The fraction of sp³-hybridized carbons (Fsp3) is 0.389. The minimum Gasteiger partial charge on any atom is -0.381 e. The standard InChI is InChI=1S/C18H23N5O2S/c1-26-18(20)23-16(19)17-21-9-14(22-17)15-8-7-13(25-15)11-24-10-12-5-3-2-4-6-12/h2-6,9,13,15H,7-8,10-11H2,1H3,(H,21,22)(H3,19,20,23)/t13-,15+/m0/s1. The maximum absolute atomic E-state index is 7.56. The average molecular weight is 373 g/mol. The van der Waals surface area contributed by atoms with Crippen LogP contribution in [0.25, 0.3) is 0 Å². The monoisotopic (exact) mass is 373 g/mol. The number of amidine groups is 2. The molecule has 1 aromatic carbocycles. The summed E-state index contributed by atoms with van der Waals surface area (Å²) < 4.78 is 11.8. The Kier molecular flexibility index (Phi) is 6.43. The van der Waals surface area contributed by atoms with E-state index in [9.17, 15) is 0 Å². The van der Waals surface area contributed by atoms with Crippen LogP contribution in [0.5, 0.6) is 0 Å². The molecule has 0 spiro atoms. The highest BCUT2D eigenvalue weighted by molar-refractivity contribution is 8.13. The number of thioether (sulfide) groups is 1. The maximum Gasteiger partial charge on any atom is 0.181 e. The summed E-state index contributed by atoms with van der Waals surface area (Å²) in [6, 6.07) is 10.1. The fourth-order valence-electron chi connectivity index (χ4n) is 2.78. The molecule has 0 unspecified atom stereocenters. The lowest BCUT2D eigenvalue weighted by Gasteiger charge is -2.13. The first-order valence-electron chi connectivity index (χ1n) is 8.45. The van der Waals surface area contributed by atoms with Gasteiger partial charge >= 0.3 is 0 Å².